The number of carbonyl (C=O) groups excluding carboxylic acids is 1. The minimum Gasteiger partial charge on any atom is -0.354 e. The Labute approximate surface area is 239 Å². The fourth-order valence-electron chi connectivity index (χ4n) is 5.24. The number of sulfone groups is 2. The van der Waals surface area contributed by atoms with Gasteiger partial charge in [-0.3, -0.25) is 9.20 Å². The number of pyridine rings is 1. The van der Waals surface area contributed by atoms with E-state index in [0.29, 0.717) is 24.7 Å². The van der Waals surface area contributed by atoms with E-state index in [1.165, 1.54) is 12.3 Å². The van der Waals surface area contributed by atoms with Gasteiger partial charge in [0.2, 0.25) is 5.91 Å². The Bertz CT molecular complexity index is 1800. The van der Waals surface area contributed by atoms with Crippen molar-refractivity contribution in [3.05, 3.63) is 71.5 Å². The van der Waals surface area contributed by atoms with Gasteiger partial charge in [-0.25, -0.2) is 21.8 Å². The summed E-state index contributed by atoms with van der Waals surface area (Å²) >= 11 is 6.04. The number of hydrogen-bond acceptors (Lipinski definition) is 7. The Hall–Kier alpha value is -3.15. The Balaban J connectivity index is 1.32. The Kier molecular flexibility index (Phi) is 7.82. The minimum atomic E-state index is -3.72. The predicted molar refractivity (Wildman–Crippen MR) is 158 cm³/mol. The van der Waals surface area contributed by atoms with Crippen LogP contribution in [0.4, 0.5) is 5.82 Å². The lowest BCUT2D eigenvalue weighted by atomic mass is 10.1. The SMILES string of the molecule is Cc1cn2c(N3CCN(C(=O)CCS(=O)(=O)c4ccc5cc(Cl)ccc5c4)C(CCS(C)(=O)=O)C3)cccc2n1. The van der Waals surface area contributed by atoms with Crippen LogP contribution in [0.3, 0.4) is 0 Å². The topological polar surface area (TPSA) is 109 Å². The summed E-state index contributed by atoms with van der Waals surface area (Å²) in [5.74, 6) is 0.210. The normalized spacial score (nSPS) is 16.6. The van der Waals surface area contributed by atoms with Gasteiger partial charge in [-0.15, -0.1) is 0 Å². The van der Waals surface area contributed by atoms with Crippen LogP contribution < -0.4 is 4.90 Å². The summed E-state index contributed by atoms with van der Waals surface area (Å²) < 4.78 is 52.2. The number of carbonyl (C=O) groups is 1. The summed E-state index contributed by atoms with van der Waals surface area (Å²) in [6.07, 6.45) is 3.20. The van der Waals surface area contributed by atoms with Crippen LogP contribution in [0.1, 0.15) is 18.5 Å². The first-order chi connectivity index (χ1) is 18.9. The van der Waals surface area contributed by atoms with E-state index in [1.54, 1.807) is 35.2 Å². The third-order valence-electron chi connectivity index (χ3n) is 7.26. The summed E-state index contributed by atoms with van der Waals surface area (Å²) in [5.41, 5.74) is 1.69. The number of imidazole rings is 1. The highest BCUT2D eigenvalue weighted by atomic mass is 35.5. The second-order valence-electron chi connectivity index (χ2n) is 10.3. The fraction of sp³-hybridized carbons (Fsp3) is 0.357. The van der Waals surface area contributed by atoms with Crippen molar-refractivity contribution in [3.63, 3.8) is 0 Å². The lowest BCUT2D eigenvalue weighted by Crippen LogP contribution is -2.56. The maximum Gasteiger partial charge on any atom is 0.223 e. The van der Waals surface area contributed by atoms with Gasteiger partial charge in [0.15, 0.2) is 9.84 Å². The molecule has 4 aromatic rings. The molecule has 0 radical (unpaired) electrons. The van der Waals surface area contributed by atoms with Crippen LogP contribution in [0.15, 0.2) is 65.7 Å². The molecule has 1 aliphatic heterocycles. The molecule has 12 heteroatoms. The van der Waals surface area contributed by atoms with E-state index in [9.17, 15) is 21.6 Å². The van der Waals surface area contributed by atoms with Gasteiger partial charge < -0.3 is 9.80 Å². The molecule has 5 rings (SSSR count). The van der Waals surface area contributed by atoms with Crippen LogP contribution in [-0.4, -0.2) is 80.5 Å². The van der Waals surface area contributed by atoms with E-state index in [4.69, 9.17) is 11.6 Å². The number of hydrogen-bond donors (Lipinski definition) is 0. The summed E-state index contributed by atoms with van der Waals surface area (Å²) in [6.45, 7) is 3.23. The Morgan fingerprint density at radius 2 is 1.75 bits per heavy atom. The van der Waals surface area contributed by atoms with Crippen LogP contribution in [0.5, 0.6) is 0 Å². The van der Waals surface area contributed by atoms with Crippen molar-refractivity contribution in [3.8, 4) is 0 Å². The molecule has 0 aliphatic carbocycles. The van der Waals surface area contributed by atoms with Crippen molar-refractivity contribution >= 4 is 59.4 Å². The number of benzene rings is 2. The number of nitrogens with zero attached hydrogens (tertiary/aromatic N) is 4. The standard InChI is InChI=1S/C28H31ClN4O5S2/c1-20-18-33-26(30-20)4-3-5-27(33)31-12-13-32(24(19-31)10-14-39(2,35)36)28(34)11-15-40(37,38)25-9-7-21-16-23(29)8-6-22(21)17-25/h3-9,16-18,24H,10-15,19H2,1-2H3. The molecule has 212 valence electrons. The lowest BCUT2D eigenvalue weighted by molar-refractivity contribution is -0.133. The van der Waals surface area contributed by atoms with Gasteiger partial charge in [0, 0.05) is 43.5 Å². The molecular weight excluding hydrogens is 572 g/mol. The highest BCUT2D eigenvalue weighted by Gasteiger charge is 2.32. The lowest BCUT2D eigenvalue weighted by Gasteiger charge is -2.42. The molecule has 1 amide bonds. The zero-order valence-electron chi connectivity index (χ0n) is 22.3. The molecule has 0 N–H and O–H groups in total. The highest BCUT2D eigenvalue weighted by molar-refractivity contribution is 7.91. The van der Waals surface area contributed by atoms with Crippen LogP contribution >= 0.6 is 11.6 Å². The van der Waals surface area contributed by atoms with Crippen molar-refractivity contribution in [2.24, 2.45) is 0 Å². The maximum atomic E-state index is 13.4. The van der Waals surface area contributed by atoms with Gasteiger partial charge in [0.05, 0.1) is 28.1 Å². The van der Waals surface area contributed by atoms with Gasteiger partial charge in [-0.05, 0) is 60.5 Å². The number of rotatable bonds is 8. The highest BCUT2D eigenvalue weighted by Crippen LogP contribution is 2.26. The van der Waals surface area contributed by atoms with E-state index >= 15 is 0 Å². The molecule has 1 atom stereocenters. The van der Waals surface area contributed by atoms with Crippen LogP contribution in [0.25, 0.3) is 16.4 Å². The van der Waals surface area contributed by atoms with Crippen molar-refractivity contribution in [1.82, 2.24) is 14.3 Å². The second-order valence-corrected chi connectivity index (χ2v) is 15.1. The first-order valence-electron chi connectivity index (χ1n) is 13.0. The van der Waals surface area contributed by atoms with Crippen LogP contribution in [0, 0.1) is 6.92 Å². The van der Waals surface area contributed by atoms with Gasteiger partial charge in [-0.1, -0.05) is 29.8 Å². The van der Waals surface area contributed by atoms with Crippen LogP contribution in [-0.2, 0) is 24.5 Å². The van der Waals surface area contributed by atoms with E-state index in [0.717, 1.165) is 27.9 Å². The van der Waals surface area contributed by atoms with Gasteiger partial charge >= 0.3 is 0 Å². The molecule has 9 nitrogen and oxygen atoms in total. The largest absolute Gasteiger partial charge is 0.354 e. The molecule has 1 aliphatic rings. The Morgan fingerprint density at radius 1 is 1.00 bits per heavy atom. The molecule has 1 saturated heterocycles. The number of amides is 1. The molecule has 0 bridgehead atoms. The molecule has 0 spiro atoms. The number of aryl methyl sites for hydroxylation is 1. The maximum absolute atomic E-state index is 13.4. The van der Waals surface area contributed by atoms with Gasteiger partial charge in [0.1, 0.15) is 21.3 Å². The molecule has 2 aromatic heterocycles. The molecule has 1 fully saturated rings. The summed E-state index contributed by atoms with van der Waals surface area (Å²) in [5, 5.41) is 2.14. The average Bonchev–Trinajstić information content (AvgIpc) is 3.30. The zero-order valence-corrected chi connectivity index (χ0v) is 24.7. The van der Waals surface area contributed by atoms with Gasteiger partial charge in [0.25, 0.3) is 0 Å². The number of fused-ring (bicyclic) bond motifs is 2. The minimum absolute atomic E-state index is 0.0664. The van der Waals surface area contributed by atoms with Crippen molar-refractivity contribution in [2.45, 2.75) is 30.7 Å². The smallest absolute Gasteiger partial charge is 0.223 e. The first-order valence-corrected chi connectivity index (χ1v) is 17.1. The molecule has 1 unspecified atom stereocenters. The summed E-state index contributed by atoms with van der Waals surface area (Å²) in [4.78, 5) is 21.8. The van der Waals surface area contributed by atoms with Crippen molar-refractivity contribution in [1.29, 1.82) is 0 Å². The number of halogens is 1. The second kappa shape index (κ2) is 11.0. The van der Waals surface area contributed by atoms with Gasteiger partial charge in [-0.2, -0.15) is 0 Å². The molecule has 2 aromatic carbocycles. The monoisotopic (exact) mass is 602 g/mol. The fourth-order valence-corrected chi connectivity index (χ4v) is 7.38. The average molecular weight is 603 g/mol. The first kappa shape index (κ1) is 28.4. The molecule has 0 saturated carbocycles. The van der Waals surface area contributed by atoms with E-state index in [1.807, 2.05) is 35.7 Å². The number of aromatic nitrogens is 2. The molecule has 40 heavy (non-hydrogen) atoms. The Morgan fingerprint density at radius 3 is 2.52 bits per heavy atom. The van der Waals surface area contributed by atoms with E-state index < -0.39 is 19.7 Å². The zero-order chi connectivity index (χ0) is 28.7. The predicted octanol–water partition coefficient (Wildman–Crippen LogP) is 3.77. The van der Waals surface area contributed by atoms with Crippen molar-refractivity contribution in [2.75, 3.05) is 42.3 Å². The quantitative estimate of drug-likeness (QED) is 0.302. The van der Waals surface area contributed by atoms with E-state index in [-0.39, 0.29) is 41.2 Å². The third kappa shape index (κ3) is 6.26. The molecular formula is C28H31ClN4O5S2. The summed E-state index contributed by atoms with van der Waals surface area (Å²) in [7, 11) is -6.98. The van der Waals surface area contributed by atoms with E-state index in [2.05, 4.69) is 9.88 Å². The van der Waals surface area contributed by atoms with Crippen molar-refractivity contribution < 1.29 is 21.6 Å². The summed E-state index contributed by atoms with van der Waals surface area (Å²) in [6, 6.07) is 15.5. The number of piperazine rings is 1. The molecule has 3 heterocycles. The number of anilines is 1. The van der Waals surface area contributed by atoms with Crippen LogP contribution in [0.2, 0.25) is 5.02 Å². The third-order valence-corrected chi connectivity index (χ3v) is 10.2.